The van der Waals surface area contributed by atoms with Crippen molar-refractivity contribution < 1.29 is 23.6 Å². The molecule has 0 aromatic carbocycles. The highest BCUT2D eigenvalue weighted by atomic mass is 79.9. The summed E-state index contributed by atoms with van der Waals surface area (Å²) >= 11 is 2.78. The molecule has 72 valence electrons. The fourth-order valence-corrected chi connectivity index (χ4v) is 0.998. The molecule has 1 aromatic rings. The van der Waals surface area contributed by atoms with Gasteiger partial charge in [0.1, 0.15) is 5.76 Å². The molecule has 0 atom stereocenters. The van der Waals surface area contributed by atoms with Gasteiger partial charge in [-0.3, -0.25) is 0 Å². The summed E-state index contributed by atoms with van der Waals surface area (Å²) in [5.74, 6) is -1.91. The van der Waals surface area contributed by atoms with Crippen molar-refractivity contribution in [3.63, 3.8) is 0 Å². The van der Waals surface area contributed by atoms with Gasteiger partial charge in [0, 0.05) is 36.9 Å². The molecule has 0 N–H and O–H groups in total. The fourth-order valence-electron chi connectivity index (χ4n) is 0.748. The molecular formula is C10H14BrNO. The van der Waals surface area contributed by atoms with E-state index in [1.54, 1.807) is 0 Å². The Balaban J connectivity index is 2.88. The number of nitrogens with zero attached hydrogens (tertiary/aromatic N) is 1. The first-order chi connectivity index (χ1) is 11.7. The molecule has 0 bridgehead atoms. The van der Waals surface area contributed by atoms with Crippen LogP contribution < -0.4 is 4.90 Å². The summed E-state index contributed by atoms with van der Waals surface area (Å²) in [4.78, 5) is -0.177. The summed E-state index contributed by atoms with van der Waals surface area (Å²) in [5, 5.41) is 0. The zero-order chi connectivity index (χ0) is 21.6. The summed E-state index contributed by atoms with van der Waals surface area (Å²) in [6.45, 7) is -10.0. The van der Waals surface area contributed by atoms with Crippen molar-refractivity contribution in [3.8, 4) is 0 Å². The van der Waals surface area contributed by atoms with E-state index in [1.165, 1.54) is 0 Å². The van der Waals surface area contributed by atoms with Crippen molar-refractivity contribution in [1.82, 2.24) is 0 Å². The molecule has 2 nitrogen and oxygen atoms in total. The Hall–Kier alpha value is -0.440. The largest absolute Gasteiger partial charge is 0.445 e. The van der Waals surface area contributed by atoms with Gasteiger partial charge in [0.05, 0.1) is 5.84 Å². The maximum atomic E-state index is 8.02. The second kappa shape index (κ2) is 3.74. The molecule has 13 heavy (non-hydrogen) atoms. The molecule has 2 rings (SSSR count). The van der Waals surface area contributed by atoms with Gasteiger partial charge in [-0.25, -0.2) is 0 Å². The van der Waals surface area contributed by atoms with E-state index in [0.29, 0.717) is 0 Å². The highest BCUT2D eigenvalue weighted by Crippen LogP contribution is 2.28. The Morgan fingerprint density at radius 1 is 1.62 bits per heavy atom. The van der Waals surface area contributed by atoms with E-state index in [0.717, 1.165) is 0 Å². The van der Waals surface area contributed by atoms with E-state index in [1.807, 2.05) is 0 Å². The van der Waals surface area contributed by atoms with Crippen molar-refractivity contribution in [3.05, 3.63) is 16.3 Å². The quantitative estimate of drug-likeness (QED) is 0.768. The summed E-state index contributed by atoms with van der Waals surface area (Å²) in [6.07, 6.45) is -10.8. The van der Waals surface area contributed by atoms with Crippen molar-refractivity contribution in [2.24, 2.45) is 0 Å². The molecule has 1 aromatic heterocycles. The van der Waals surface area contributed by atoms with E-state index < -0.39 is 61.1 Å². The number of halogens is 1. The van der Waals surface area contributed by atoms with Crippen LogP contribution in [0.15, 0.2) is 14.9 Å². The maximum Gasteiger partial charge on any atom is 0.196 e. The van der Waals surface area contributed by atoms with E-state index in [4.69, 9.17) is 23.6 Å². The molecule has 0 unspecified atom stereocenters. The summed E-state index contributed by atoms with van der Waals surface area (Å²) in [5.41, 5.74) is 0. The number of rotatable bonds is 1. The lowest BCUT2D eigenvalue weighted by Crippen LogP contribution is -2.28. The van der Waals surface area contributed by atoms with Gasteiger partial charge in [-0.1, -0.05) is 0 Å². The van der Waals surface area contributed by atoms with Crippen molar-refractivity contribution in [1.29, 1.82) is 0 Å². The summed E-state index contributed by atoms with van der Waals surface area (Å²) in [6, 6.07) is -0.845. The molecule has 3 heteroatoms. The molecule has 1 fully saturated rings. The monoisotopic (exact) mass is 257 g/mol. The first-order valence-electron chi connectivity index (χ1n) is 10.3. The van der Waals surface area contributed by atoms with Crippen LogP contribution in [-0.2, 0) is 0 Å². The normalized spacial score (nSPS) is 54.1. The van der Waals surface area contributed by atoms with Gasteiger partial charge in [-0.2, -0.15) is 0 Å². The van der Waals surface area contributed by atoms with Crippen LogP contribution in [0.5, 0.6) is 0 Å². The highest BCUT2D eigenvalue weighted by Gasteiger charge is 2.15. The van der Waals surface area contributed by atoms with Gasteiger partial charge in [-0.15, -0.1) is 0 Å². The Morgan fingerprint density at radius 3 is 3.00 bits per heavy atom. The smallest absolute Gasteiger partial charge is 0.196 e. The molecule has 1 aliphatic rings. The second-order valence-corrected chi connectivity index (χ2v) is 2.90. The SMILES string of the molecule is [2H]c1c(N2C([2H])([2H])C([2H])([2H])C([2H])([2H])C([2H])([2H])C2([2H])[2H])oc(C([2H])([2H])[2H])c1Br. The third kappa shape index (κ3) is 1.90. The Bertz CT molecular complexity index is 735. The number of furan rings is 1. The van der Waals surface area contributed by atoms with Crippen LogP contribution in [0.3, 0.4) is 0 Å². The van der Waals surface area contributed by atoms with E-state index in [2.05, 4.69) is 15.9 Å². The maximum absolute atomic E-state index is 8.02. The zero-order valence-corrected chi connectivity index (χ0v) is 7.82. The van der Waals surface area contributed by atoms with Crippen LogP contribution in [0.1, 0.15) is 44.1 Å². The van der Waals surface area contributed by atoms with Crippen molar-refractivity contribution >= 4 is 21.8 Å². The molecule has 0 saturated carbocycles. The Morgan fingerprint density at radius 2 is 2.38 bits per heavy atom. The lowest BCUT2D eigenvalue weighted by Gasteiger charge is -2.25. The lowest BCUT2D eigenvalue weighted by molar-refractivity contribution is 0.484. The number of piperidine rings is 1. The number of anilines is 1. The summed E-state index contributed by atoms with van der Waals surface area (Å²) < 4.78 is 113. The molecule has 1 aliphatic heterocycles. The minimum atomic E-state index is -3.62. The fraction of sp³-hybridized carbons (Fsp3) is 0.600. The van der Waals surface area contributed by atoms with Gasteiger partial charge in [-0.05, 0) is 41.9 Å². The van der Waals surface area contributed by atoms with Crippen LogP contribution in [0.25, 0.3) is 0 Å². The lowest BCUT2D eigenvalue weighted by atomic mass is 10.1. The first kappa shape index (κ1) is 2.21. The number of hydrogen-bond donors (Lipinski definition) is 0. The standard InChI is InChI=1S/C10H14BrNO/c1-8-9(11)7-10(13-8)12-5-3-2-4-6-12/h7H,2-6H2,1H3/i1D3,2D2,3D2,4D2,5D2,6D2,7D. The van der Waals surface area contributed by atoms with Gasteiger partial charge < -0.3 is 9.32 Å². The predicted octanol–water partition coefficient (Wildman–Crippen LogP) is 3.34. The average Bonchev–Trinajstić information content (AvgIpc) is 2.73. The van der Waals surface area contributed by atoms with E-state index in [-0.39, 0.29) is 4.90 Å². The Kier molecular flexibility index (Phi) is 0.636. The zero-order valence-electron chi connectivity index (χ0n) is 20.2. The van der Waals surface area contributed by atoms with Gasteiger partial charge in [0.2, 0.25) is 0 Å². The average molecular weight is 258 g/mol. The van der Waals surface area contributed by atoms with Crippen LogP contribution in [0.4, 0.5) is 5.88 Å². The molecule has 2 heterocycles. The topological polar surface area (TPSA) is 16.4 Å². The van der Waals surface area contributed by atoms with Gasteiger partial charge >= 0.3 is 0 Å². The Labute approximate surface area is 107 Å². The van der Waals surface area contributed by atoms with Crippen LogP contribution in [-0.4, -0.2) is 13.0 Å². The highest BCUT2D eigenvalue weighted by molar-refractivity contribution is 9.10. The molecule has 0 spiro atoms. The van der Waals surface area contributed by atoms with Crippen LogP contribution in [0.2, 0.25) is 0 Å². The molecule has 0 radical (unpaired) electrons. The van der Waals surface area contributed by atoms with Crippen molar-refractivity contribution in [2.75, 3.05) is 17.9 Å². The molecular weight excluding hydrogens is 230 g/mol. The van der Waals surface area contributed by atoms with Gasteiger partial charge in [0.25, 0.3) is 0 Å². The minimum absolute atomic E-state index is 0.177. The van der Waals surface area contributed by atoms with E-state index >= 15 is 0 Å². The van der Waals surface area contributed by atoms with E-state index in [9.17, 15) is 0 Å². The third-order valence-corrected chi connectivity index (χ3v) is 1.84. The summed E-state index contributed by atoms with van der Waals surface area (Å²) in [7, 11) is 0. The number of hydrogen-bond acceptors (Lipinski definition) is 2. The third-order valence-electron chi connectivity index (χ3n) is 1.28. The first-order valence-corrected chi connectivity index (χ1v) is 4.06. The minimum Gasteiger partial charge on any atom is -0.445 e. The second-order valence-electron chi connectivity index (χ2n) is 2.11. The predicted molar refractivity (Wildman–Crippen MR) is 57.2 cm³/mol. The molecule has 0 amide bonds. The van der Waals surface area contributed by atoms with Gasteiger partial charge in [0.15, 0.2) is 5.88 Å². The van der Waals surface area contributed by atoms with Crippen molar-refractivity contribution in [2.45, 2.75) is 26.0 Å². The molecule has 1 saturated heterocycles. The number of aryl methyl sites for hydroxylation is 1. The van der Waals surface area contributed by atoms with Crippen LogP contribution in [0, 0.1) is 6.85 Å². The van der Waals surface area contributed by atoms with Crippen LogP contribution >= 0.6 is 15.9 Å². The molecule has 0 aliphatic carbocycles.